The van der Waals surface area contributed by atoms with Crippen molar-refractivity contribution >= 4 is 5.91 Å². The average molecular weight is 239 g/mol. The van der Waals surface area contributed by atoms with E-state index in [0.717, 1.165) is 32.7 Å². The van der Waals surface area contributed by atoms with Gasteiger partial charge in [-0.3, -0.25) is 9.69 Å². The van der Waals surface area contributed by atoms with Crippen LogP contribution in [0.15, 0.2) is 0 Å². The van der Waals surface area contributed by atoms with Crippen LogP contribution in [0.3, 0.4) is 0 Å². The highest BCUT2D eigenvalue weighted by Gasteiger charge is 2.40. The monoisotopic (exact) mass is 239 g/mol. The van der Waals surface area contributed by atoms with Crippen molar-refractivity contribution in [2.45, 2.75) is 32.2 Å². The third kappa shape index (κ3) is 2.63. The Labute approximate surface area is 104 Å². The van der Waals surface area contributed by atoms with E-state index in [4.69, 9.17) is 0 Å². The molecular weight excluding hydrogens is 214 g/mol. The number of carbonyl (C=O) groups excluding carboxylic acids is 1. The molecule has 1 N–H and O–H groups in total. The second-order valence-electron chi connectivity index (χ2n) is 5.94. The molecule has 1 amide bonds. The highest BCUT2D eigenvalue weighted by molar-refractivity contribution is 5.86. The third-order valence-electron chi connectivity index (χ3n) is 4.24. The summed E-state index contributed by atoms with van der Waals surface area (Å²) in [5.74, 6) is 0.965. The standard InChI is InChI=1S/C13H25N3O/c1-13(2)12(17)15(3)7-8-16(13)10-11-5-4-6-14-9-11/h11,14H,4-10H2,1-3H3. The predicted octanol–water partition coefficient (Wildman–Crippen LogP) is 0.539. The minimum Gasteiger partial charge on any atom is -0.343 e. The lowest BCUT2D eigenvalue weighted by Gasteiger charge is -2.46. The van der Waals surface area contributed by atoms with Gasteiger partial charge in [-0.2, -0.15) is 0 Å². The van der Waals surface area contributed by atoms with E-state index in [-0.39, 0.29) is 11.4 Å². The van der Waals surface area contributed by atoms with Crippen LogP contribution in [0.2, 0.25) is 0 Å². The Bertz CT molecular complexity index is 284. The highest BCUT2D eigenvalue weighted by atomic mass is 16.2. The molecule has 0 radical (unpaired) electrons. The van der Waals surface area contributed by atoms with Gasteiger partial charge in [0, 0.05) is 26.7 Å². The molecule has 98 valence electrons. The molecule has 2 fully saturated rings. The van der Waals surface area contributed by atoms with Crippen LogP contribution in [0.1, 0.15) is 26.7 Å². The maximum absolute atomic E-state index is 12.2. The summed E-state index contributed by atoms with van der Waals surface area (Å²) in [6, 6.07) is 0. The van der Waals surface area contributed by atoms with Gasteiger partial charge in [0.2, 0.25) is 5.91 Å². The molecule has 2 aliphatic heterocycles. The van der Waals surface area contributed by atoms with Crippen LogP contribution in [0.25, 0.3) is 0 Å². The first-order valence-corrected chi connectivity index (χ1v) is 6.73. The molecule has 0 spiro atoms. The van der Waals surface area contributed by atoms with Crippen LogP contribution in [0, 0.1) is 5.92 Å². The van der Waals surface area contributed by atoms with E-state index in [9.17, 15) is 4.79 Å². The molecule has 0 aromatic rings. The molecule has 2 aliphatic rings. The van der Waals surface area contributed by atoms with E-state index in [0.29, 0.717) is 5.92 Å². The van der Waals surface area contributed by atoms with Crippen molar-refractivity contribution in [2.75, 3.05) is 39.8 Å². The van der Waals surface area contributed by atoms with Crippen LogP contribution in [-0.4, -0.2) is 61.0 Å². The van der Waals surface area contributed by atoms with Crippen LogP contribution >= 0.6 is 0 Å². The van der Waals surface area contributed by atoms with Gasteiger partial charge in [0.05, 0.1) is 5.54 Å². The van der Waals surface area contributed by atoms with Crippen molar-refractivity contribution in [3.63, 3.8) is 0 Å². The second-order valence-corrected chi connectivity index (χ2v) is 5.94. The summed E-state index contributed by atoms with van der Waals surface area (Å²) in [7, 11) is 1.91. The van der Waals surface area contributed by atoms with Gasteiger partial charge in [-0.15, -0.1) is 0 Å². The number of hydrogen-bond acceptors (Lipinski definition) is 3. The van der Waals surface area contributed by atoms with Crippen LogP contribution in [0.5, 0.6) is 0 Å². The molecule has 0 saturated carbocycles. The first-order chi connectivity index (χ1) is 8.01. The Balaban J connectivity index is 1.97. The molecule has 2 heterocycles. The van der Waals surface area contributed by atoms with E-state index in [1.54, 1.807) is 0 Å². The zero-order chi connectivity index (χ0) is 12.5. The van der Waals surface area contributed by atoms with Gasteiger partial charge in [0.25, 0.3) is 0 Å². The van der Waals surface area contributed by atoms with Gasteiger partial charge >= 0.3 is 0 Å². The minimum absolute atomic E-state index is 0.257. The fourth-order valence-corrected chi connectivity index (χ4v) is 2.97. The summed E-state index contributed by atoms with van der Waals surface area (Å²) in [5.41, 5.74) is -0.329. The number of likely N-dealkylation sites (N-methyl/N-ethyl adjacent to an activating group) is 1. The fraction of sp³-hybridized carbons (Fsp3) is 0.923. The van der Waals surface area contributed by atoms with Gasteiger partial charge in [0.1, 0.15) is 0 Å². The Kier molecular flexibility index (Phi) is 3.73. The van der Waals surface area contributed by atoms with Crippen molar-refractivity contribution in [3.8, 4) is 0 Å². The van der Waals surface area contributed by atoms with E-state index in [1.165, 1.54) is 12.8 Å². The van der Waals surface area contributed by atoms with Gasteiger partial charge in [-0.05, 0) is 45.7 Å². The normalized spacial score (nSPS) is 30.6. The Morgan fingerprint density at radius 3 is 2.82 bits per heavy atom. The van der Waals surface area contributed by atoms with Crippen LogP contribution < -0.4 is 5.32 Å². The summed E-state index contributed by atoms with van der Waals surface area (Å²) in [6.07, 6.45) is 2.57. The maximum atomic E-state index is 12.2. The lowest BCUT2D eigenvalue weighted by atomic mass is 9.93. The number of nitrogens with zero attached hydrogens (tertiary/aromatic N) is 2. The first-order valence-electron chi connectivity index (χ1n) is 6.73. The Hall–Kier alpha value is -0.610. The molecule has 2 rings (SSSR count). The number of rotatable bonds is 2. The van der Waals surface area contributed by atoms with Gasteiger partial charge in [-0.25, -0.2) is 0 Å². The zero-order valence-corrected chi connectivity index (χ0v) is 11.3. The number of carbonyl (C=O) groups is 1. The first kappa shape index (κ1) is 12.8. The van der Waals surface area contributed by atoms with Crippen molar-refractivity contribution in [1.29, 1.82) is 0 Å². The molecule has 0 aromatic heterocycles. The molecule has 0 aliphatic carbocycles. The largest absolute Gasteiger partial charge is 0.343 e. The van der Waals surface area contributed by atoms with E-state index >= 15 is 0 Å². The maximum Gasteiger partial charge on any atom is 0.242 e. The molecule has 2 saturated heterocycles. The molecular formula is C13H25N3O. The predicted molar refractivity (Wildman–Crippen MR) is 68.9 cm³/mol. The fourth-order valence-electron chi connectivity index (χ4n) is 2.97. The lowest BCUT2D eigenvalue weighted by molar-refractivity contribution is -0.147. The van der Waals surface area contributed by atoms with E-state index < -0.39 is 0 Å². The molecule has 17 heavy (non-hydrogen) atoms. The second kappa shape index (κ2) is 4.94. The molecule has 1 unspecified atom stereocenters. The van der Waals surface area contributed by atoms with Crippen molar-refractivity contribution in [3.05, 3.63) is 0 Å². The SMILES string of the molecule is CN1CCN(CC2CCCNC2)C(C)(C)C1=O. The molecule has 0 aromatic carbocycles. The number of amides is 1. The highest BCUT2D eigenvalue weighted by Crippen LogP contribution is 2.24. The molecule has 0 bridgehead atoms. The lowest BCUT2D eigenvalue weighted by Crippen LogP contribution is -2.63. The number of piperidine rings is 1. The van der Waals surface area contributed by atoms with Gasteiger partial charge in [-0.1, -0.05) is 0 Å². The van der Waals surface area contributed by atoms with Crippen molar-refractivity contribution in [1.82, 2.24) is 15.1 Å². The van der Waals surface area contributed by atoms with Crippen molar-refractivity contribution in [2.24, 2.45) is 5.92 Å². The van der Waals surface area contributed by atoms with E-state index in [1.807, 2.05) is 11.9 Å². The van der Waals surface area contributed by atoms with Crippen molar-refractivity contribution < 1.29 is 4.79 Å². The molecule has 4 nitrogen and oxygen atoms in total. The van der Waals surface area contributed by atoms with E-state index in [2.05, 4.69) is 24.1 Å². The summed E-state index contributed by atoms with van der Waals surface area (Å²) in [6.45, 7) is 9.30. The quantitative estimate of drug-likeness (QED) is 0.764. The molecule has 4 heteroatoms. The number of nitrogens with one attached hydrogen (secondary N) is 1. The minimum atomic E-state index is -0.329. The molecule has 1 atom stereocenters. The number of hydrogen-bond donors (Lipinski definition) is 1. The summed E-state index contributed by atoms with van der Waals surface area (Å²) in [5, 5.41) is 3.45. The Morgan fingerprint density at radius 2 is 2.18 bits per heavy atom. The topological polar surface area (TPSA) is 35.6 Å². The Morgan fingerprint density at radius 1 is 1.41 bits per heavy atom. The smallest absolute Gasteiger partial charge is 0.242 e. The van der Waals surface area contributed by atoms with Crippen LogP contribution in [-0.2, 0) is 4.79 Å². The summed E-state index contributed by atoms with van der Waals surface area (Å²) < 4.78 is 0. The summed E-state index contributed by atoms with van der Waals surface area (Å²) >= 11 is 0. The van der Waals surface area contributed by atoms with Gasteiger partial charge in [0.15, 0.2) is 0 Å². The zero-order valence-electron chi connectivity index (χ0n) is 11.3. The third-order valence-corrected chi connectivity index (χ3v) is 4.24. The average Bonchev–Trinajstić information content (AvgIpc) is 2.32. The van der Waals surface area contributed by atoms with Gasteiger partial charge < -0.3 is 10.2 Å². The van der Waals surface area contributed by atoms with Crippen LogP contribution in [0.4, 0.5) is 0 Å². The summed E-state index contributed by atoms with van der Waals surface area (Å²) in [4.78, 5) is 16.4. The number of piperazine rings is 1.